The summed E-state index contributed by atoms with van der Waals surface area (Å²) in [6.45, 7) is 1.26. The van der Waals surface area contributed by atoms with E-state index >= 15 is 0 Å². The fourth-order valence-corrected chi connectivity index (χ4v) is 4.81. The van der Waals surface area contributed by atoms with Crippen molar-refractivity contribution in [3.63, 3.8) is 0 Å². The molecule has 2 unspecified atom stereocenters. The number of fused-ring (bicyclic) bond motifs is 1. The number of ether oxygens (including phenoxy) is 3. The Morgan fingerprint density at radius 3 is 2.11 bits per heavy atom. The van der Waals surface area contributed by atoms with Crippen LogP contribution in [0.25, 0.3) is 10.8 Å². The van der Waals surface area contributed by atoms with Gasteiger partial charge in [-0.05, 0) is 36.4 Å². The van der Waals surface area contributed by atoms with E-state index in [0.717, 1.165) is 35.0 Å². The Balaban J connectivity index is 1.45. The Morgan fingerprint density at radius 1 is 0.771 bits per heavy atom. The highest BCUT2D eigenvalue weighted by atomic mass is 16.6. The molecule has 0 aliphatic heterocycles. The van der Waals surface area contributed by atoms with Gasteiger partial charge < -0.3 is 19.1 Å². The van der Waals surface area contributed by atoms with Gasteiger partial charge in [0, 0.05) is 23.9 Å². The molecule has 6 nitrogen and oxygen atoms in total. The van der Waals surface area contributed by atoms with E-state index in [9.17, 15) is 9.59 Å². The van der Waals surface area contributed by atoms with Gasteiger partial charge in [-0.15, -0.1) is 0 Å². The number of nitrogens with zero attached hydrogens (tertiary/aromatic N) is 1. The van der Waals surface area contributed by atoms with Crippen molar-refractivity contribution in [2.24, 2.45) is 11.8 Å². The van der Waals surface area contributed by atoms with Crippen LogP contribution in [0.2, 0.25) is 0 Å². The Labute approximate surface area is 206 Å². The van der Waals surface area contributed by atoms with Crippen molar-refractivity contribution in [1.29, 1.82) is 0 Å². The fraction of sp³-hybridized carbons (Fsp3) is 0.379. The zero-order valence-corrected chi connectivity index (χ0v) is 20.2. The maximum absolute atomic E-state index is 13.0. The maximum atomic E-state index is 13.0. The summed E-state index contributed by atoms with van der Waals surface area (Å²) in [5.74, 6) is -1.55. The van der Waals surface area contributed by atoms with Gasteiger partial charge in [0.2, 0.25) is 0 Å². The minimum absolute atomic E-state index is 0.199. The molecule has 1 aliphatic rings. The van der Waals surface area contributed by atoms with Crippen LogP contribution in [0.1, 0.15) is 25.7 Å². The van der Waals surface area contributed by atoms with Crippen molar-refractivity contribution >= 4 is 34.1 Å². The van der Waals surface area contributed by atoms with E-state index in [4.69, 9.17) is 14.2 Å². The zero-order chi connectivity index (χ0) is 24.5. The van der Waals surface area contributed by atoms with Gasteiger partial charge in [0.05, 0.1) is 25.0 Å². The second-order valence-corrected chi connectivity index (χ2v) is 8.81. The molecular formula is C29H33NO5. The lowest BCUT2D eigenvalue weighted by Crippen LogP contribution is -2.36. The number of benzene rings is 3. The molecule has 184 valence electrons. The molecule has 35 heavy (non-hydrogen) atoms. The molecule has 0 saturated heterocycles. The highest BCUT2D eigenvalue weighted by Crippen LogP contribution is 2.34. The average molecular weight is 476 g/mol. The molecule has 0 N–H and O–H groups in total. The summed E-state index contributed by atoms with van der Waals surface area (Å²) in [6.07, 6.45) is 3.12. The molecule has 0 amide bonds. The number of esters is 2. The van der Waals surface area contributed by atoms with Crippen LogP contribution >= 0.6 is 0 Å². The number of carbonyl (C=O) groups is 2. The zero-order valence-electron chi connectivity index (χ0n) is 20.2. The molecule has 0 bridgehead atoms. The standard InChI is InChI=1S/C29H33NO5/c1-33-20-21-35-29(32)26-16-8-7-15-25(26)28(31)34-19-18-30(23-12-3-2-4-13-23)27-17-9-11-22-10-5-6-14-24(22)27/h2-6,9-14,17,25-26H,7-8,15-16,18-21H2,1H3. The lowest BCUT2D eigenvalue weighted by Gasteiger charge is -2.29. The molecule has 1 fully saturated rings. The van der Waals surface area contributed by atoms with E-state index in [1.165, 1.54) is 0 Å². The summed E-state index contributed by atoms with van der Waals surface area (Å²) in [6, 6.07) is 24.6. The van der Waals surface area contributed by atoms with E-state index < -0.39 is 11.8 Å². The molecule has 0 heterocycles. The molecule has 0 radical (unpaired) electrons. The first-order valence-electron chi connectivity index (χ1n) is 12.3. The summed E-state index contributed by atoms with van der Waals surface area (Å²) >= 11 is 0. The van der Waals surface area contributed by atoms with Gasteiger partial charge in [-0.2, -0.15) is 0 Å². The largest absolute Gasteiger partial charge is 0.464 e. The third-order valence-corrected chi connectivity index (χ3v) is 6.59. The van der Waals surface area contributed by atoms with Gasteiger partial charge >= 0.3 is 11.9 Å². The molecule has 3 aromatic carbocycles. The summed E-state index contributed by atoms with van der Waals surface area (Å²) < 4.78 is 16.0. The summed E-state index contributed by atoms with van der Waals surface area (Å²) in [5, 5.41) is 2.29. The second-order valence-electron chi connectivity index (χ2n) is 8.81. The number of hydrogen-bond donors (Lipinski definition) is 0. The lowest BCUT2D eigenvalue weighted by molar-refractivity contribution is -0.163. The molecule has 4 rings (SSSR count). The second kappa shape index (κ2) is 12.4. The number of para-hydroxylation sites is 1. The molecule has 0 spiro atoms. The van der Waals surface area contributed by atoms with Crippen LogP contribution in [0.5, 0.6) is 0 Å². The van der Waals surface area contributed by atoms with Gasteiger partial charge in [-0.25, -0.2) is 0 Å². The van der Waals surface area contributed by atoms with Crippen molar-refractivity contribution in [1.82, 2.24) is 0 Å². The molecule has 1 saturated carbocycles. The third kappa shape index (κ3) is 6.20. The van der Waals surface area contributed by atoms with E-state index in [0.29, 0.717) is 26.0 Å². The van der Waals surface area contributed by atoms with Crippen LogP contribution in [0.15, 0.2) is 72.8 Å². The van der Waals surface area contributed by atoms with Crippen LogP contribution in [-0.2, 0) is 23.8 Å². The number of methoxy groups -OCH3 is 1. The Morgan fingerprint density at radius 2 is 1.40 bits per heavy atom. The minimum Gasteiger partial charge on any atom is -0.464 e. The topological polar surface area (TPSA) is 65.1 Å². The summed E-state index contributed by atoms with van der Waals surface area (Å²) in [4.78, 5) is 27.8. The van der Waals surface area contributed by atoms with Crippen LogP contribution in [0, 0.1) is 11.8 Å². The van der Waals surface area contributed by atoms with E-state index in [2.05, 4.69) is 41.3 Å². The first kappa shape index (κ1) is 24.7. The van der Waals surface area contributed by atoms with E-state index in [-0.39, 0.29) is 25.2 Å². The molecule has 1 aliphatic carbocycles. The molecular weight excluding hydrogens is 442 g/mol. The monoisotopic (exact) mass is 475 g/mol. The fourth-order valence-electron chi connectivity index (χ4n) is 4.81. The van der Waals surface area contributed by atoms with Gasteiger partial charge in [0.1, 0.15) is 13.2 Å². The van der Waals surface area contributed by atoms with Crippen LogP contribution in [0.4, 0.5) is 11.4 Å². The van der Waals surface area contributed by atoms with E-state index in [1.807, 2.05) is 36.4 Å². The molecule has 0 aromatic heterocycles. The summed E-state index contributed by atoms with van der Waals surface area (Å²) in [5.41, 5.74) is 2.08. The average Bonchev–Trinajstić information content (AvgIpc) is 2.91. The number of carbonyl (C=O) groups excluding carboxylic acids is 2. The number of anilines is 2. The first-order valence-corrected chi connectivity index (χ1v) is 12.3. The normalized spacial score (nSPS) is 17.6. The highest BCUT2D eigenvalue weighted by Gasteiger charge is 2.37. The van der Waals surface area contributed by atoms with Crippen LogP contribution in [-0.4, -0.2) is 45.4 Å². The van der Waals surface area contributed by atoms with Crippen molar-refractivity contribution < 1.29 is 23.8 Å². The minimum atomic E-state index is -0.457. The Hall–Kier alpha value is -3.38. The smallest absolute Gasteiger partial charge is 0.309 e. The Kier molecular flexibility index (Phi) is 8.74. The van der Waals surface area contributed by atoms with Gasteiger partial charge in [-0.1, -0.05) is 67.4 Å². The SMILES string of the molecule is COCCOC(=O)C1CCCCC1C(=O)OCCN(c1ccccc1)c1cccc2ccccc12. The first-order chi connectivity index (χ1) is 17.2. The molecule has 3 aromatic rings. The van der Waals surface area contributed by atoms with Crippen molar-refractivity contribution in [3.8, 4) is 0 Å². The van der Waals surface area contributed by atoms with Crippen molar-refractivity contribution in [3.05, 3.63) is 72.8 Å². The van der Waals surface area contributed by atoms with Gasteiger partial charge in [0.25, 0.3) is 0 Å². The van der Waals surface area contributed by atoms with E-state index in [1.54, 1.807) is 7.11 Å². The quantitative estimate of drug-likeness (QED) is 0.284. The van der Waals surface area contributed by atoms with Crippen LogP contribution in [0.3, 0.4) is 0 Å². The van der Waals surface area contributed by atoms with Gasteiger partial charge in [0.15, 0.2) is 0 Å². The Bertz CT molecular complexity index is 1110. The van der Waals surface area contributed by atoms with Crippen LogP contribution < -0.4 is 4.90 Å². The number of hydrogen-bond acceptors (Lipinski definition) is 6. The summed E-state index contributed by atoms with van der Waals surface area (Å²) in [7, 11) is 1.56. The predicted molar refractivity (Wildman–Crippen MR) is 137 cm³/mol. The molecule has 6 heteroatoms. The number of rotatable bonds is 10. The van der Waals surface area contributed by atoms with Crippen molar-refractivity contribution in [2.75, 3.05) is 38.4 Å². The maximum Gasteiger partial charge on any atom is 0.309 e. The predicted octanol–water partition coefficient (Wildman–Crippen LogP) is 5.52. The van der Waals surface area contributed by atoms with Crippen molar-refractivity contribution in [2.45, 2.75) is 25.7 Å². The highest BCUT2D eigenvalue weighted by molar-refractivity contribution is 5.96. The third-order valence-electron chi connectivity index (χ3n) is 6.59. The molecule has 2 atom stereocenters. The van der Waals surface area contributed by atoms with Gasteiger partial charge in [-0.3, -0.25) is 9.59 Å². The lowest BCUT2D eigenvalue weighted by atomic mass is 9.79.